The SMILES string of the molecule is O=C(C[n+]1cccc(O)c1)Nc1cccc2ccccc12. The van der Waals surface area contributed by atoms with Gasteiger partial charge in [-0.1, -0.05) is 36.4 Å². The van der Waals surface area contributed by atoms with Crippen LogP contribution >= 0.6 is 0 Å². The summed E-state index contributed by atoms with van der Waals surface area (Å²) in [5, 5.41) is 14.4. The summed E-state index contributed by atoms with van der Waals surface area (Å²) < 4.78 is 1.63. The van der Waals surface area contributed by atoms with Crippen LogP contribution in [0.25, 0.3) is 10.8 Å². The Balaban J connectivity index is 1.80. The number of anilines is 1. The molecule has 4 nitrogen and oxygen atoms in total. The minimum atomic E-state index is -0.137. The number of fused-ring (bicyclic) bond motifs is 1. The molecule has 21 heavy (non-hydrogen) atoms. The second-order valence-electron chi connectivity index (χ2n) is 4.81. The molecule has 1 aromatic heterocycles. The van der Waals surface area contributed by atoms with Crippen molar-refractivity contribution in [2.75, 3.05) is 5.32 Å². The molecule has 2 aromatic carbocycles. The third-order valence-electron chi connectivity index (χ3n) is 3.23. The molecule has 0 spiro atoms. The van der Waals surface area contributed by atoms with Gasteiger partial charge in [-0.15, -0.1) is 0 Å². The summed E-state index contributed by atoms with van der Waals surface area (Å²) in [5.41, 5.74) is 0.791. The molecule has 4 heteroatoms. The molecule has 1 heterocycles. The minimum Gasteiger partial charge on any atom is -0.503 e. The summed E-state index contributed by atoms with van der Waals surface area (Å²) in [6, 6.07) is 17.0. The lowest BCUT2D eigenvalue weighted by atomic mass is 10.1. The average molecular weight is 279 g/mol. The van der Waals surface area contributed by atoms with Crippen molar-refractivity contribution in [1.82, 2.24) is 0 Å². The van der Waals surface area contributed by atoms with Gasteiger partial charge in [0.15, 0.2) is 11.9 Å². The predicted molar refractivity (Wildman–Crippen MR) is 80.9 cm³/mol. The van der Waals surface area contributed by atoms with Gasteiger partial charge in [0.05, 0.1) is 0 Å². The van der Waals surface area contributed by atoms with Crippen molar-refractivity contribution < 1.29 is 14.5 Å². The molecule has 3 rings (SSSR count). The van der Waals surface area contributed by atoms with E-state index >= 15 is 0 Å². The summed E-state index contributed by atoms with van der Waals surface area (Å²) in [5.74, 6) is -0.00239. The molecule has 0 saturated carbocycles. The second-order valence-corrected chi connectivity index (χ2v) is 4.81. The number of hydrogen-bond acceptors (Lipinski definition) is 2. The standard InChI is InChI=1S/C17H14N2O2/c20-14-7-4-10-19(11-14)12-17(21)18-16-9-3-6-13-5-1-2-8-15(13)16/h1-11H,12H2,(H-,18,20,21)/p+1. The number of amides is 1. The Morgan fingerprint density at radius 3 is 2.71 bits per heavy atom. The maximum Gasteiger partial charge on any atom is 0.290 e. The molecule has 0 aliphatic carbocycles. The van der Waals surface area contributed by atoms with Crippen molar-refractivity contribution in [2.45, 2.75) is 6.54 Å². The van der Waals surface area contributed by atoms with Crippen LogP contribution in [0.5, 0.6) is 5.75 Å². The van der Waals surface area contributed by atoms with Crippen LogP contribution in [0.4, 0.5) is 5.69 Å². The Kier molecular flexibility index (Phi) is 3.51. The summed E-state index contributed by atoms with van der Waals surface area (Å²) in [4.78, 5) is 12.1. The van der Waals surface area contributed by atoms with Crippen LogP contribution in [0.3, 0.4) is 0 Å². The second kappa shape index (κ2) is 5.63. The topological polar surface area (TPSA) is 53.2 Å². The number of nitrogens with zero attached hydrogens (tertiary/aromatic N) is 1. The molecule has 0 bridgehead atoms. The maximum absolute atomic E-state index is 12.1. The van der Waals surface area contributed by atoms with Gasteiger partial charge in [0.25, 0.3) is 5.91 Å². The third-order valence-corrected chi connectivity index (χ3v) is 3.23. The molecule has 0 radical (unpaired) electrons. The van der Waals surface area contributed by atoms with Gasteiger partial charge in [0.2, 0.25) is 12.7 Å². The van der Waals surface area contributed by atoms with Crippen LogP contribution in [-0.2, 0) is 11.3 Å². The Labute approximate surface area is 122 Å². The van der Waals surface area contributed by atoms with E-state index in [9.17, 15) is 9.90 Å². The Morgan fingerprint density at radius 2 is 1.86 bits per heavy atom. The molecule has 0 fully saturated rings. The molecule has 0 aliphatic rings. The van der Waals surface area contributed by atoms with Gasteiger partial charge in [-0.2, -0.15) is 4.57 Å². The minimum absolute atomic E-state index is 0.135. The first-order valence-electron chi connectivity index (χ1n) is 6.68. The van der Waals surface area contributed by atoms with E-state index in [1.54, 1.807) is 22.9 Å². The van der Waals surface area contributed by atoms with Crippen molar-refractivity contribution in [2.24, 2.45) is 0 Å². The smallest absolute Gasteiger partial charge is 0.290 e. The Hall–Kier alpha value is -2.88. The largest absolute Gasteiger partial charge is 0.503 e. The van der Waals surface area contributed by atoms with E-state index in [2.05, 4.69) is 5.32 Å². The number of aromatic nitrogens is 1. The van der Waals surface area contributed by atoms with E-state index in [0.717, 1.165) is 16.5 Å². The quantitative estimate of drug-likeness (QED) is 0.724. The average Bonchev–Trinajstić information content (AvgIpc) is 2.47. The lowest BCUT2D eigenvalue weighted by Gasteiger charge is -2.07. The van der Waals surface area contributed by atoms with Gasteiger partial charge < -0.3 is 10.4 Å². The van der Waals surface area contributed by atoms with E-state index in [1.807, 2.05) is 42.5 Å². The zero-order valence-electron chi connectivity index (χ0n) is 11.4. The number of nitrogens with one attached hydrogen (secondary N) is 1. The Morgan fingerprint density at radius 1 is 1.05 bits per heavy atom. The van der Waals surface area contributed by atoms with Gasteiger partial charge in [0.1, 0.15) is 0 Å². The van der Waals surface area contributed by atoms with Crippen LogP contribution in [0.1, 0.15) is 0 Å². The van der Waals surface area contributed by atoms with Gasteiger partial charge in [0, 0.05) is 17.1 Å². The normalized spacial score (nSPS) is 10.5. The van der Waals surface area contributed by atoms with E-state index in [1.165, 1.54) is 6.20 Å². The number of pyridine rings is 1. The lowest BCUT2D eigenvalue weighted by molar-refractivity contribution is -0.684. The molecule has 104 valence electrons. The number of hydrogen-bond donors (Lipinski definition) is 2. The number of carbonyl (C=O) groups excluding carboxylic acids is 1. The molecular formula is C17H15N2O2+. The van der Waals surface area contributed by atoms with E-state index in [4.69, 9.17) is 0 Å². The van der Waals surface area contributed by atoms with Crippen molar-refractivity contribution in [3.63, 3.8) is 0 Å². The molecule has 0 unspecified atom stereocenters. The van der Waals surface area contributed by atoms with Gasteiger partial charge in [-0.25, -0.2) is 0 Å². The summed E-state index contributed by atoms with van der Waals surface area (Å²) in [7, 11) is 0. The number of carbonyl (C=O) groups is 1. The van der Waals surface area contributed by atoms with Crippen LogP contribution in [0.2, 0.25) is 0 Å². The fourth-order valence-corrected chi connectivity index (χ4v) is 2.30. The monoisotopic (exact) mass is 279 g/mol. The zero-order chi connectivity index (χ0) is 14.7. The Bertz CT molecular complexity index is 794. The van der Waals surface area contributed by atoms with Crippen LogP contribution in [-0.4, -0.2) is 11.0 Å². The van der Waals surface area contributed by atoms with Crippen LogP contribution in [0.15, 0.2) is 67.0 Å². The predicted octanol–water partition coefficient (Wildman–Crippen LogP) is 2.47. The molecule has 0 aliphatic heterocycles. The highest BCUT2D eigenvalue weighted by atomic mass is 16.3. The molecule has 1 amide bonds. The third kappa shape index (κ3) is 3.00. The van der Waals surface area contributed by atoms with Gasteiger partial charge in [-0.3, -0.25) is 4.79 Å². The van der Waals surface area contributed by atoms with E-state index in [0.29, 0.717) is 0 Å². The molecule has 2 N–H and O–H groups in total. The van der Waals surface area contributed by atoms with Crippen molar-refractivity contribution >= 4 is 22.4 Å². The maximum atomic E-state index is 12.1. The highest BCUT2D eigenvalue weighted by Gasteiger charge is 2.11. The number of aromatic hydroxyl groups is 1. The number of benzene rings is 2. The molecule has 3 aromatic rings. The molecular weight excluding hydrogens is 264 g/mol. The highest BCUT2D eigenvalue weighted by Crippen LogP contribution is 2.22. The lowest BCUT2D eigenvalue weighted by Crippen LogP contribution is -2.39. The first-order chi connectivity index (χ1) is 10.2. The van der Waals surface area contributed by atoms with E-state index in [-0.39, 0.29) is 18.2 Å². The van der Waals surface area contributed by atoms with Crippen LogP contribution < -0.4 is 9.88 Å². The summed E-state index contributed by atoms with van der Waals surface area (Å²) in [6.07, 6.45) is 3.26. The zero-order valence-corrected chi connectivity index (χ0v) is 11.4. The highest BCUT2D eigenvalue weighted by molar-refractivity contribution is 6.01. The van der Waals surface area contributed by atoms with Crippen molar-refractivity contribution in [1.29, 1.82) is 0 Å². The number of rotatable bonds is 3. The van der Waals surface area contributed by atoms with Crippen LogP contribution in [0, 0.1) is 0 Å². The molecule has 0 atom stereocenters. The fourth-order valence-electron chi connectivity index (χ4n) is 2.30. The first kappa shape index (κ1) is 13.1. The van der Waals surface area contributed by atoms with Gasteiger partial charge in [-0.05, 0) is 17.5 Å². The van der Waals surface area contributed by atoms with Crippen molar-refractivity contribution in [3.05, 3.63) is 67.0 Å². The van der Waals surface area contributed by atoms with E-state index < -0.39 is 0 Å². The fraction of sp³-hybridized carbons (Fsp3) is 0.0588. The first-order valence-corrected chi connectivity index (χ1v) is 6.68. The summed E-state index contributed by atoms with van der Waals surface area (Å²) >= 11 is 0. The summed E-state index contributed by atoms with van der Waals surface area (Å²) in [6.45, 7) is 0.150. The van der Waals surface area contributed by atoms with Crippen molar-refractivity contribution in [3.8, 4) is 5.75 Å². The van der Waals surface area contributed by atoms with Gasteiger partial charge >= 0.3 is 0 Å². The molecule has 0 saturated heterocycles.